The fourth-order valence-corrected chi connectivity index (χ4v) is 4.97. The zero-order valence-corrected chi connectivity index (χ0v) is 21.0. The first-order chi connectivity index (χ1) is 14.1. The van der Waals surface area contributed by atoms with Crippen LogP contribution < -0.4 is 16.0 Å². The second kappa shape index (κ2) is 12.3. The molecule has 1 aromatic heterocycles. The molecule has 1 aliphatic rings. The average Bonchev–Trinajstić information content (AvgIpc) is 3.28. The van der Waals surface area contributed by atoms with E-state index in [4.69, 9.17) is 0 Å². The number of halogens is 1. The Morgan fingerprint density at radius 3 is 2.80 bits per heavy atom. The number of carbonyl (C=O) groups excluding carboxylic acids is 1. The highest BCUT2D eigenvalue weighted by atomic mass is 127. The third-order valence-corrected chi connectivity index (χ3v) is 6.42. The first kappa shape index (κ1) is 24.6. The molecule has 1 amide bonds. The Morgan fingerprint density at radius 2 is 2.10 bits per heavy atom. The minimum Gasteiger partial charge on any atom is -0.356 e. The van der Waals surface area contributed by atoms with Gasteiger partial charge in [-0.25, -0.2) is 0 Å². The summed E-state index contributed by atoms with van der Waals surface area (Å²) in [6, 6.07) is 12.5. The van der Waals surface area contributed by atoms with Crippen LogP contribution in [-0.4, -0.2) is 51.0 Å². The van der Waals surface area contributed by atoms with Crippen LogP contribution >= 0.6 is 35.3 Å². The molecule has 0 aliphatic carbocycles. The van der Waals surface area contributed by atoms with Crippen molar-refractivity contribution in [1.29, 1.82) is 0 Å². The first-order valence-corrected chi connectivity index (χ1v) is 11.0. The lowest BCUT2D eigenvalue weighted by molar-refractivity contribution is 0.0963. The fourth-order valence-electron chi connectivity index (χ4n) is 3.98. The zero-order chi connectivity index (χ0) is 20.6. The van der Waals surface area contributed by atoms with Crippen LogP contribution in [0.15, 0.2) is 46.8 Å². The maximum absolute atomic E-state index is 11.8. The largest absolute Gasteiger partial charge is 0.356 e. The van der Waals surface area contributed by atoms with Crippen LogP contribution in [0.1, 0.15) is 39.7 Å². The van der Waals surface area contributed by atoms with E-state index in [9.17, 15) is 4.79 Å². The molecule has 8 heteroatoms. The van der Waals surface area contributed by atoms with Gasteiger partial charge in [-0.15, -0.1) is 35.3 Å². The summed E-state index contributed by atoms with van der Waals surface area (Å²) in [4.78, 5) is 20.1. The van der Waals surface area contributed by atoms with Gasteiger partial charge in [-0.3, -0.25) is 14.7 Å². The summed E-state index contributed by atoms with van der Waals surface area (Å²) < 4.78 is 0. The number of hydrogen-bond acceptors (Lipinski definition) is 4. The molecule has 1 fully saturated rings. The Kier molecular flexibility index (Phi) is 10.1. The Hall–Kier alpha value is -1.65. The van der Waals surface area contributed by atoms with Gasteiger partial charge in [-0.1, -0.05) is 18.2 Å². The number of nitrogens with zero attached hydrogens (tertiary/aromatic N) is 2. The number of likely N-dealkylation sites (tertiary alicyclic amines) is 1. The lowest BCUT2D eigenvalue weighted by Crippen LogP contribution is -2.44. The smallest absolute Gasteiger partial charge is 0.251 e. The monoisotopic (exact) mass is 541 g/mol. The molecule has 3 N–H and O–H groups in total. The average molecular weight is 542 g/mol. The molecule has 3 rings (SSSR count). The number of carbonyl (C=O) groups is 1. The molecule has 0 saturated carbocycles. The van der Waals surface area contributed by atoms with Gasteiger partial charge in [0.15, 0.2) is 5.96 Å². The van der Waals surface area contributed by atoms with Crippen LogP contribution in [0.3, 0.4) is 0 Å². The van der Waals surface area contributed by atoms with Crippen molar-refractivity contribution in [3.05, 3.63) is 57.8 Å². The summed E-state index contributed by atoms with van der Waals surface area (Å²) in [7, 11) is 5.66. The molecule has 0 radical (unpaired) electrons. The number of hydrogen-bond donors (Lipinski definition) is 3. The third-order valence-electron chi connectivity index (χ3n) is 5.47. The lowest BCUT2D eigenvalue weighted by Gasteiger charge is -2.39. The molecule has 0 spiro atoms. The maximum atomic E-state index is 11.8. The van der Waals surface area contributed by atoms with Crippen LogP contribution in [0.25, 0.3) is 0 Å². The van der Waals surface area contributed by atoms with Gasteiger partial charge < -0.3 is 16.0 Å². The molecule has 2 atom stereocenters. The number of benzene rings is 1. The predicted molar refractivity (Wildman–Crippen MR) is 136 cm³/mol. The summed E-state index contributed by atoms with van der Waals surface area (Å²) in [6.45, 7) is 2.64. The highest BCUT2D eigenvalue weighted by Gasteiger charge is 2.31. The first-order valence-electron chi connectivity index (χ1n) is 10.1. The molecule has 30 heavy (non-hydrogen) atoms. The topological polar surface area (TPSA) is 68.8 Å². The minimum absolute atomic E-state index is 0. The van der Waals surface area contributed by atoms with E-state index in [1.165, 1.54) is 17.7 Å². The van der Waals surface area contributed by atoms with Gasteiger partial charge in [0.2, 0.25) is 0 Å². The fraction of sp³-hybridized carbons (Fsp3) is 0.455. The predicted octanol–water partition coefficient (Wildman–Crippen LogP) is 3.47. The van der Waals surface area contributed by atoms with E-state index in [1.807, 2.05) is 35.6 Å². The second-order valence-corrected chi connectivity index (χ2v) is 8.41. The van der Waals surface area contributed by atoms with E-state index < -0.39 is 0 Å². The second-order valence-electron chi connectivity index (χ2n) is 7.43. The summed E-state index contributed by atoms with van der Waals surface area (Å²) >= 11 is 1.84. The molecule has 1 aromatic carbocycles. The van der Waals surface area contributed by atoms with Crippen molar-refractivity contribution in [2.24, 2.45) is 10.9 Å². The van der Waals surface area contributed by atoms with Crippen molar-refractivity contribution in [2.45, 2.75) is 25.4 Å². The van der Waals surface area contributed by atoms with E-state index >= 15 is 0 Å². The van der Waals surface area contributed by atoms with E-state index in [2.05, 4.69) is 50.4 Å². The van der Waals surface area contributed by atoms with Crippen LogP contribution in [0.4, 0.5) is 0 Å². The van der Waals surface area contributed by atoms with Gasteiger partial charge in [-0.05, 0) is 61.5 Å². The number of aliphatic imine (C=N–C) groups is 1. The summed E-state index contributed by atoms with van der Waals surface area (Å²) in [6.07, 6.45) is 2.44. The van der Waals surface area contributed by atoms with Gasteiger partial charge in [0, 0.05) is 43.7 Å². The van der Waals surface area contributed by atoms with Crippen molar-refractivity contribution in [2.75, 3.05) is 34.2 Å². The third kappa shape index (κ3) is 6.42. The minimum atomic E-state index is -0.0737. The molecule has 2 heterocycles. The Bertz CT molecular complexity index is 827. The van der Waals surface area contributed by atoms with Crippen LogP contribution in [0.5, 0.6) is 0 Å². The van der Waals surface area contributed by atoms with E-state index in [1.54, 1.807) is 14.1 Å². The Morgan fingerprint density at radius 1 is 1.27 bits per heavy atom. The van der Waals surface area contributed by atoms with E-state index in [0.29, 0.717) is 24.1 Å². The van der Waals surface area contributed by atoms with Crippen LogP contribution in [0, 0.1) is 5.92 Å². The summed E-state index contributed by atoms with van der Waals surface area (Å²) in [5.41, 5.74) is 1.71. The van der Waals surface area contributed by atoms with Crippen LogP contribution in [0.2, 0.25) is 0 Å². The van der Waals surface area contributed by atoms with E-state index in [-0.39, 0.29) is 29.9 Å². The molecular formula is C22H32IN5OS. The SMILES string of the molecule is CN=C(NCc1cccc(C(=O)NC)c1)NCC1CCCN(C)C1c1cccs1.I. The molecule has 1 aliphatic heterocycles. The van der Waals surface area contributed by atoms with Crippen molar-refractivity contribution < 1.29 is 4.79 Å². The van der Waals surface area contributed by atoms with Gasteiger partial charge in [-0.2, -0.15) is 0 Å². The molecule has 2 unspecified atom stereocenters. The number of thiophene rings is 1. The molecule has 6 nitrogen and oxygen atoms in total. The normalized spacial score (nSPS) is 19.6. The highest BCUT2D eigenvalue weighted by molar-refractivity contribution is 14.0. The number of guanidine groups is 1. The quantitative estimate of drug-likeness (QED) is 0.298. The molecular weight excluding hydrogens is 509 g/mol. The van der Waals surface area contributed by atoms with Crippen molar-refractivity contribution in [3.63, 3.8) is 0 Å². The number of nitrogens with one attached hydrogen (secondary N) is 3. The van der Waals surface area contributed by atoms with Gasteiger partial charge in [0.05, 0.1) is 0 Å². The van der Waals surface area contributed by atoms with E-state index in [0.717, 1.165) is 24.6 Å². The van der Waals surface area contributed by atoms with Crippen molar-refractivity contribution >= 4 is 47.2 Å². The van der Waals surface area contributed by atoms with Gasteiger partial charge in [0.25, 0.3) is 5.91 Å². The van der Waals surface area contributed by atoms with Gasteiger partial charge in [0.1, 0.15) is 0 Å². The van der Waals surface area contributed by atoms with Crippen LogP contribution in [-0.2, 0) is 6.54 Å². The Labute approximate surface area is 200 Å². The standard InChI is InChI=1S/C22H31N5OS.HI/c1-23-21(28)17-8-4-7-16(13-17)14-25-22(24-2)26-15-18-9-5-11-27(3)20(18)19-10-6-12-29-19;/h4,6-8,10,12-13,18,20H,5,9,11,14-15H2,1-3H3,(H,23,28)(H2,24,25,26);1H. The number of piperidine rings is 1. The molecule has 164 valence electrons. The maximum Gasteiger partial charge on any atom is 0.251 e. The number of amides is 1. The van der Waals surface area contributed by atoms with Crippen molar-refractivity contribution in [3.8, 4) is 0 Å². The highest BCUT2D eigenvalue weighted by Crippen LogP contribution is 2.36. The zero-order valence-electron chi connectivity index (χ0n) is 17.9. The van der Waals surface area contributed by atoms with Crippen molar-refractivity contribution in [1.82, 2.24) is 20.9 Å². The Balaban J connectivity index is 0.00000320. The summed E-state index contributed by atoms with van der Waals surface area (Å²) in [5.74, 6) is 1.26. The molecule has 0 bridgehead atoms. The number of rotatable bonds is 6. The summed E-state index contributed by atoms with van der Waals surface area (Å²) in [5, 5.41) is 11.7. The lowest BCUT2D eigenvalue weighted by atomic mass is 9.88. The molecule has 2 aromatic rings. The molecule has 1 saturated heterocycles. The van der Waals surface area contributed by atoms with Gasteiger partial charge >= 0.3 is 0 Å².